The lowest BCUT2D eigenvalue weighted by atomic mass is 10.2. The van der Waals surface area contributed by atoms with Gasteiger partial charge in [0.2, 0.25) is 0 Å². The number of nitriles is 1. The zero-order chi connectivity index (χ0) is 15.6. The second-order valence-electron chi connectivity index (χ2n) is 4.30. The van der Waals surface area contributed by atoms with Crippen LogP contribution in [0, 0.1) is 18.3 Å². The molecule has 0 saturated carbocycles. The standard InChI is InChI=1S/C13H11BrN4O2S/c1-8-4-10(7-17-13(8)14)18-21(19,20)12-3-2-9(6-15)5-11(12)16/h2-5,7,18H,16H2,1H3. The molecule has 6 nitrogen and oxygen atoms in total. The molecular formula is C13H11BrN4O2S. The molecule has 0 spiro atoms. The molecule has 108 valence electrons. The van der Waals surface area contributed by atoms with Gasteiger partial charge in [0.15, 0.2) is 0 Å². The molecule has 1 aromatic heterocycles. The number of nitrogen functional groups attached to an aromatic ring is 1. The first-order chi connectivity index (χ1) is 9.83. The number of rotatable bonds is 3. The first-order valence-electron chi connectivity index (χ1n) is 5.78. The van der Waals surface area contributed by atoms with Crippen molar-refractivity contribution in [3.63, 3.8) is 0 Å². The molecule has 1 aromatic carbocycles. The van der Waals surface area contributed by atoms with E-state index in [4.69, 9.17) is 11.0 Å². The summed E-state index contributed by atoms with van der Waals surface area (Å²) >= 11 is 3.24. The molecule has 0 atom stereocenters. The van der Waals surface area contributed by atoms with Crippen LogP contribution in [0.25, 0.3) is 0 Å². The van der Waals surface area contributed by atoms with Crippen molar-refractivity contribution < 1.29 is 8.42 Å². The quantitative estimate of drug-likeness (QED) is 0.640. The lowest BCUT2D eigenvalue weighted by molar-refractivity contribution is 0.601. The van der Waals surface area contributed by atoms with Gasteiger partial charge in [0, 0.05) is 0 Å². The Bertz CT molecular complexity index is 844. The number of benzene rings is 1. The van der Waals surface area contributed by atoms with Gasteiger partial charge in [-0.3, -0.25) is 4.72 Å². The highest BCUT2D eigenvalue weighted by atomic mass is 79.9. The second kappa shape index (κ2) is 5.71. The number of hydrogen-bond donors (Lipinski definition) is 2. The van der Waals surface area contributed by atoms with Gasteiger partial charge in [-0.2, -0.15) is 5.26 Å². The molecule has 1 heterocycles. The van der Waals surface area contributed by atoms with E-state index in [1.807, 2.05) is 6.07 Å². The normalized spacial score (nSPS) is 10.9. The fraction of sp³-hybridized carbons (Fsp3) is 0.0769. The highest BCUT2D eigenvalue weighted by molar-refractivity contribution is 9.10. The van der Waals surface area contributed by atoms with Crippen molar-refractivity contribution in [3.8, 4) is 6.07 Å². The molecule has 2 aromatic rings. The molecule has 0 radical (unpaired) electrons. The molecule has 0 aliphatic rings. The summed E-state index contributed by atoms with van der Waals surface area (Å²) in [6.07, 6.45) is 1.40. The van der Waals surface area contributed by atoms with Crippen LogP contribution in [0.15, 0.2) is 40.0 Å². The van der Waals surface area contributed by atoms with Crippen molar-refractivity contribution >= 4 is 37.3 Å². The third-order valence-electron chi connectivity index (χ3n) is 2.70. The number of anilines is 2. The third kappa shape index (κ3) is 3.32. The Morgan fingerprint density at radius 3 is 2.67 bits per heavy atom. The summed E-state index contributed by atoms with van der Waals surface area (Å²) in [5, 5.41) is 8.76. The number of aryl methyl sites for hydroxylation is 1. The zero-order valence-corrected chi connectivity index (χ0v) is 13.4. The Morgan fingerprint density at radius 1 is 1.38 bits per heavy atom. The molecule has 0 amide bonds. The summed E-state index contributed by atoms with van der Waals surface area (Å²) in [5.41, 5.74) is 7.14. The SMILES string of the molecule is Cc1cc(NS(=O)(=O)c2ccc(C#N)cc2N)cnc1Br. The van der Waals surface area contributed by atoms with E-state index in [1.54, 1.807) is 13.0 Å². The van der Waals surface area contributed by atoms with Crippen LogP contribution in [0.1, 0.15) is 11.1 Å². The summed E-state index contributed by atoms with van der Waals surface area (Å²) in [6.45, 7) is 1.80. The molecule has 0 aliphatic heterocycles. The Hall–Kier alpha value is -2.11. The molecule has 0 bridgehead atoms. The molecule has 0 fully saturated rings. The first kappa shape index (κ1) is 15.3. The van der Waals surface area contributed by atoms with E-state index in [1.165, 1.54) is 24.4 Å². The van der Waals surface area contributed by atoms with Crippen molar-refractivity contribution in [2.45, 2.75) is 11.8 Å². The predicted molar refractivity (Wildman–Crippen MR) is 83.1 cm³/mol. The average Bonchev–Trinajstić information content (AvgIpc) is 2.42. The van der Waals surface area contributed by atoms with Gasteiger partial charge in [-0.05, 0) is 52.7 Å². The molecule has 0 saturated heterocycles. The monoisotopic (exact) mass is 366 g/mol. The number of sulfonamides is 1. The van der Waals surface area contributed by atoms with Gasteiger partial charge in [0.05, 0.1) is 29.2 Å². The molecule has 0 aliphatic carbocycles. The van der Waals surface area contributed by atoms with Crippen LogP contribution in [0.2, 0.25) is 0 Å². The lowest BCUT2D eigenvalue weighted by Gasteiger charge is -2.11. The summed E-state index contributed by atoms with van der Waals surface area (Å²) in [6, 6.07) is 7.57. The maximum absolute atomic E-state index is 12.3. The Morgan fingerprint density at radius 2 is 2.10 bits per heavy atom. The number of halogens is 1. The number of nitrogens with two attached hydrogens (primary N) is 1. The van der Waals surface area contributed by atoms with Crippen LogP contribution in [0.4, 0.5) is 11.4 Å². The minimum Gasteiger partial charge on any atom is -0.398 e. The Labute approximate surface area is 130 Å². The molecule has 8 heteroatoms. The third-order valence-corrected chi connectivity index (χ3v) is 4.98. The van der Waals surface area contributed by atoms with E-state index in [0.29, 0.717) is 15.9 Å². The van der Waals surface area contributed by atoms with Gasteiger partial charge in [-0.1, -0.05) is 0 Å². The Kier molecular flexibility index (Phi) is 4.16. The molecule has 21 heavy (non-hydrogen) atoms. The summed E-state index contributed by atoms with van der Waals surface area (Å²) in [7, 11) is -3.84. The van der Waals surface area contributed by atoms with E-state index in [9.17, 15) is 8.42 Å². The van der Waals surface area contributed by atoms with Crippen LogP contribution >= 0.6 is 15.9 Å². The van der Waals surface area contributed by atoms with E-state index < -0.39 is 10.0 Å². The van der Waals surface area contributed by atoms with Gasteiger partial charge in [-0.25, -0.2) is 13.4 Å². The van der Waals surface area contributed by atoms with Crippen LogP contribution in [-0.2, 0) is 10.0 Å². The molecule has 3 N–H and O–H groups in total. The average molecular weight is 367 g/mol. The Balaban J connectivity index is 2.38. The van der Waals surface area contributed by atoms with Crippen molar-refractivity contribution in [1.82, 2.24) is 4.98 Å². The minimum absolute atomic E-state index is 0.0170. The van der Waals surface area contributed by atoms with Crippen LogP contribution in [0.3, 0.4) is 0 Å². The van der Waals surface area contributed by atoms with Crippen molar-refractivity contribution in [1.29, 1.82) is 5.26 Å². The fourth-order valence-electron chi connectivity index (χ4n) is 1.69. The van der Waals surface area contributed by atoms with Crippen molar-refractivity contribution in [3.05, 3.63) is 46.2 Å². The number of pyridine rings is 1. The highest BCUT2D eigenvalue weighted by Gasteiger charge is 2.18. The van der Waals surface area contributed by atoms with E-state index >= 15 is 0 Å². The van der Waals surface area contributed by atoms with Crippen LogP contribution in [0.5, 0.6) is 0 Å². The van der Waals surface area contributed by atoms with Gasteiger partial charge in [0.1, 0.15) is 9.50 Å². The molecular weight excluding hydrogens is 356 g/mol. The van der Waals surface area contributed by atoms with Gasteiger partial charge < -0.3 is 5.73 Å². The number of aromatic nitrogens is 1. The second-order valence-corrected chi connectivity index (χ2v) is 6.70. The predicted octanol–water partition coefficient (Wildman–Crippen LogP) is 2.41. The minimum atomic E-state index is -3.84. The van der Waals surface area contributed by atoms with Gasteiger partial charge in [0.25, 0.3) is 10.0 Å². The molecule has 2 rings (SSSR count). The van der Waals surface area contributed by atoms with Crippen LogP contribution in [-0.4, -0.2) is 13.4 Å². The summed E-state index contributed by atoms with van der Waals surface area (Å²) in [5.74, 6) is 0. The van der Waals surface area contributed by atoms with Gasteiger partial charge >= 0.3 is 0 Å². The van der Waals surface area contributed by atoms with Crippen LogP contribution < -0.4 is 10.5 Å². The maximum atomic E-state index is 12.3. The van der Waals surface area contributed by atoms with E-state index in [0.717, 1.165) is 5.56 Å². The maximum Gasteiger partial charge on any atom is 0.263 e. The van der Waals surface area contributed by atoms with Crippen molar-refractivity contribution in [2.24, 2.45) is 0 Å². The largest absolute Gasteiger partial charge is 0.398 e. The van der Waals surface area contributed by atoms with E-state index in [-0.39, 0.29) is 10.6 Å². The lowest BCUT2D eigenvalue weighted by Crippen LogP contribution is -2.15. The summed E-state index contributed by atoms with van der Waals surface area (Å²) < 4.78 is 27.7. The highest BCUT2D eigenvalue weighted by Crippen LogP contribution is 2.24. The van der Waals surface area contributed by atoms with Gasteiger partial charge in [-0.15, -0.1) is 0 Å². The molecule has 0 unspecified atom stereocenters. The summed E-state index contributed by atoms with van der Waals surface area (Å²) in [4.78, 5) is 3.94. The first-order valence-corrected chi connectivity index (χ1v) is 8.05. The smallest absolute Gasteiger partial charge is 0.263 e. The topological polar surface area (TPSA) is 109 Å². The number of nitrogens with one attached hydrogen (secondary N) is 1. The van der Waals surface area contributed by atoms with Crippen molar-refractivity contribution in [2.75, 3.05) is 10.5 Å². The fourth-order valence-corrected chi connectivity index (χ4v) is 3.05. The number of hydrogen-bond acceptors (Lipinski definition) is 5. The number of nitrogens with zero attached hydrogens (tertiary/aromatic N) is 2. The van der Waals surface area contributed by atoms with E-state index in [2.05, 4.69) is 25.6 Å². The zero-order valence-electron chi connectivity index (χ0n) is 11.0.